The van der Waals surface area contributed by atoms with Crippen molar-refractivity contribution in [2.75, 3.05) is 42.4 Å². The number of aromatic nitrogens is 3. The zero-order valence-electron chi connectivity index (χ0n) is 18.0. The third-order valence-corrected chi connectivity index (χ3v) is 7.23. The second kappa shape index (κ2) is 9.38. The maximum atomic E-state index is 14.0. The van der Waals surface area contributed by atoms with Gasteiger partial charge in [-0.15, -0.1) is 11.8 Å². The summed E-state index contributed by atoms with van der Waals surface area (Å²) in [6, 6.07) is 5.24. The molecule has 5 rings (SSSR count). The van der Waals surface area contributed by atoms with E-state index in [1.54, 1.807) is 6.20 Å². The van der Waals surface area contributed by atoms with Crippen LogP contribution in [0.5, 0.6) is 0 Å². The van der Waals surface area contributed by atoms with Gasteiger partial charge in [0.2, 0.25) is 5.95 Å². The van der Waals surface area contributed by atoms with E-state index in [0.29, 0.717) is 24.9 Å². The molecule has 3 aliphatic rings. The zero-order valence-corrected chi connectivity index (χ0v) is 18.8. The Morgan fingerprint density at radius 2 is 1.85 bits per heavy atom. The second-order valence-electron chi connectivity index (χ2n) is 8.25. The summed E-state index contributed by atoms with van der Waals surface area (Å²) in [7, 11) is 0. The molecule has 0 atom stereocenters. The van der Waals surface area contributed by atoms with Crippen LogP contribution in [0.25, 0.3) is 4.91 Å². The van der Waals surface area contributed by atoms with Gasteiger partial charge >= 0.3 is 6.18 Å². The van der Waals surface area contributed by atoms with E-state index in [0.717, 1.165) is 44.5 Å². The Bertz CT molecular complexity index is 1000. The van der Waals surface area contributed by atoms with Crippen molar-refractivity contribution in [2.24, 2.45) is 0 Å². The van der Waals surface area contributed by atoms with Gasteiger partial charge in [0, 0.05) is 25.3 Å². The number of hydrogen-bond acceptors (Lipinski definition) is 8. The molecular weight excluding hydrogens is 453 g/mol. The summed E-state index contributed by atoms with van der Waals surface area (Å²) in [5.41, 5.74) is 0.695. The molecule has 1 N–H and O–H groups in total. The number of allylic oxidation sites excluding steroid dienone is 1. The van der Waals surface area contributed by atoms with Gasteiger partial charge in [0.25, 0.3) is 0 Å². The van der Waals surface area contributed by atoms with Crippen LogP contribution in [0.15, 0.2) is 36.3 Å². The highest BCUT2D eigenvalue weighted by atomic mass is 32.2. The lowest BCUT2D eigenvalue weighted by Crippen LogP contribution is -2.36. The summed E-state index contributed by atoms with van der Waals surface area (Å²) in [6.07, 6.45) is 2.36. The van der Waals surface area contributed by atoms with Crippen LogP contribution in [-0.4, -0.2) is 64.3 Å². The molecule has 1 aliphatic carbocycles. The van der Waals surface area contributed by atoms with E-state index in [9.17, 15) is 13.2 Å². The molecule has 2 fully saturated rings. The average Bonchev–Trinajstić information content (AvgIpc) is 3.50. The molecule has 0 amide bonds. The van der Waals surface area contributed by atoms with Crippen molar-refractivity contribution >= 4 is 34.1 Å². The van der Waals surface area contributed by atoms with Gasteiger partial charge in [-0.2, -0.15) is 13.2 Å². The Morgan fingerprint density at radius 1 is 1.06 bits per heavy atom. The molecule has 176 valence electrons. The van der Waals surface area contributed by atoms with Crippen LogP contribution in [0.4, 0.5) is 30.6 Å². The lowest BCUT2D eigenvalue weighted by molar-refractivity contribution is -0.111. The van der Waals surface area contributed by atoms with Crippen molar-refractivity contribution in [2.45, 2.75) is 37.9 Å². The van der Waals surface area contributed by atoms with E-state index in [2.05, 4.69) is 25.2 Å². The molecule has 2 aliphatic heterocycles. The molecule has 7 nitrogen and oxygen atoms in total. The Kier molecular flexibility index (Phi) is 6.33. The van der Waals surface area contributed by atoms with Crippen LogP contribution in [0, 0.1) is 0 Å². The number of pyridine rings is 1. The van der Waals surface area contributed by atoms with E-state index in [1.807, 2.05) is 12.1 Å². The molecular formula is C22H25F3N6OS. The van der Waals surface area contributed by atoms with Gasteiger partial charge < -0.3 is 19.9 Å². The minimum Gasteiger partial charge on any atom is -0.378 e. The highest BCUT2D eigenvalue weighted by Gasteiger charge is 2.46. The van der Waals surface area contributed by atoms with Gasteiger partial charge in [-0.05, 0) is 31.0 Å². The number of rotatable bonds is 5. The summed E-state index contributed by atoms with van der Waals surface area (Å²) < 4.78 is 47.5. The summed E-state index contributed by atoms with van der Waals surface area (Å²) in [6.45, 7) is 3.00. The third-order valence-electron chi connectivity index (χ3n) is 6.14. The fourth-order valence-corrected chi connectivity index (χ4v) is 5.76. The molecule has 33 heavy (non-hydrogen) atoms. The van der Waals surface area contributed by atoms with E-state index >= 15 is 0 Å². The summed E-state index contributed by atoms with van der Waals surface area (Å²) in [5.74, 6) is 1.04. The number of hydrogen-bond donors (Lipinski definition) is 1. The molecule has 0 aromatic carbocycles. The molecule has 0 bridgehead atoms. The van der Waals surface area contributed by atoms with E-state index in [-0.39, 0.29) is 22.6 Å². The maximum absolute atomic E-state index is 14.0. The van der Waals surface area contributed by atoms with Crippen LogP contribution in [-0.2, 0) is 4.74 Å². The van der Waals surface area contributed by atoms with Gasteiger partial charge in [0.15, 0.2) is 0 Å². The van der Waals surface area contributed by atoms with Crippen molar-refractivity contribution in [3.8, 4) is 0 Å². The Morgan fingerprint density at radius 3 is 2.55 bits per heavy atom. The fourth-order valence-electron chi connectivity index (χ4n) is 4.52. The van der Waals surface area contributed by atoms with Crippen molar-refractivity contribution in [1.29, 1.82) is 0 Å². The first-order valence-electron chi connectivity index (χ1n) is 11.1. The second-order valence-corrected chi connectivity index (χ2v) is 9.20. The minimum absolute atomic E-state index is 0.0553. The van der Waals surface area contributed by atoms with Crippen molar-refractivity contribution in [3.63, 3.8) is 0 Å². The SMILES string of the molecule is FC(F)(F)C1=C(c2ccnc(Nc3ccc(N4CCOCC4)cn3)n2)SCN1C1CCCC1. The van der Waals surface area contributed by atoms with Crippen molar-refractivity contribution in [3.05, 3.63) is 42.0 Å². The highest BCUT2D eigenvalue weighted by Crippen LogP contribution is 2.48. The molecule has 0 unspecified atom stereocenters. The van der Waals surface area contributed by atoms with E-state index in [4.69, 9.17) is 4.74 Å². The first-order valence-corrected chi connectivity index (χ1v) is 12.1. The van der Waals surface area contributed by atoms with E-state index < -0.39 is 11.9 Å². The van der Waals surface area contributed by atoms with Crippen LogP contribution < -0.4 is 10.2 Å². The molecule has 1 saturated carbocycles. The smallest absolute Gasteiger partial charge is 0.378 e. The van der Waals surface area contributed by atoms with Gasteiger partial charge in [-0.25, -0.2) is 15.0 Å². The number of anilines is 3. The summed E-state index contributed by atoms with van der Waals surface area (Å²) >= 11 is 1.19. The lowest BCUT2D eigenvalue weighted by atomic mass is 10.2. The van der Waals surface area contributed by atoms with Gasteiger partial charge in [-0.3, -0.25) is 0 Å². The number of alkyl halides is 3. The van der Waals surface area contributed by atoms with Crippen LogP contribution in [0.2, 0.25) is 0 Å². The molecule has 0 spiro atoms. The predicted octanol–water partition coefficient (Wildman–Crippen LogP) is 4.63. The van der Waals surface area contributed by atoms with Gasteiger partial charge in [0.05, 0.1) is 41.6 Å². The largest absolute Gasteiger partial charge is 0.432 e. The van der Waals surface area contributed by atoms with Crippen LogP contribution in [0.3, 0.4) is 0 Å². The van der Waals surface area contributed by atoms with Crippen molar-refractivity contribution < 1.29 is 17.9 Å². The third kappa shape index (κ3) is 4.89. The van der Waals surface area contributed by atoms with E-state index in [1.165, 1.54) is 28.9 Å². The number of nitrogens with one attached hydrogen (secondary N) is 1. The number of ether oxygens (including phenoxy) is 1. The Hall–Kier alpha value is -2.53. The summed E-state index contributed by atoms with van der Waals surface area (Å²) in [5, 5.41) is 3.01. The first kappa shape index (κ1) is 22.3. The number of halogens is 3. The average molecular weight is 479 g/mol. The normalized spacial score (nSPS) is 20.1. The maximum Gasteiger partial charge on any atom is 0.432 e. The quantitative estimate of drug-likeness (QED) is 0.667. The van der Waals surface area contributed by atoms with Gasteiger partial charge in [0.1, 0.15) is 11.5 Å². The minimum atomic E-state index is -4.43. The molecule has 0 radical (unpaired) electrons. The molecule has 2 aromatic heterocycles. The Labute approximate surface area is 194 Å². The summed E-state index contributed by atoms with van der Waals surface area (Å²) in [4.78, 5) is 16.9. The standard InChI is InChI=1S/C22H25F3N6OS/c23-22(24,25)20-19(33-14-31(20)15-3-1-2-4-15)17-7-8-26-21(28-17)29-18-6-5-16(13-27-18)30-9-11-32-12-10-30/h5-8,13,15H,1-4,9-12,14H2,(H,26,27,28,29). The number of morpholine rings is 1. The predicted molar refractivity (Wildman–Crippen MR) is 122 cm³/mol. The van der Waals surface area contributed by atoms with Crippen LogP contribution in [0.1, 0.15) is 31.4 Å². The molecule has 11 heteroatoms. The number of nitrogens with zero attached hydrogens (tertiary/aromatic N) is 5. The zero-order chi connectivity index (χ0) is 22.8. The van der Waals surface area contributed by atoms with Gasteiger partial charge in [-0.1, -0.05) is 12.8 Å². The van der Waals surface area contributed by atoms with Crippen LogP contribution >= 0.6 is 11.8 Å². The highest BCUT2D eigenvalue weighted by molar-refractivity contribution is 8.08. The Balaban J connectivity index is 1.36. The first-order chi connectivity index (χ1) is 16.0. The lowest BCUT2D eigenvalue weighted by Gasteiger charge is -2.29. The molecule has 1 saturated heterocycles. The number of thioether (sulfide) groups is 1. The molecule has 4 heterocycles. The van der Waals surface area contributed by atoms with Crippen molar-refractivity contribution in [1.82, 2.24) is 19.9 Å². The topological polar surface area (TPSA) is 66.4 Å². The molecule has 2 aromatic rings. The fraction of sp³-hybridized carbons (Fsp3) is 0.500. The monoisotopic (exact) mass is 478 g/mol.